The number of hydrogen-bond donors (Lipinski definition) is 1. The molecule has 2 aromatic heterocycles. The average Bonchev–Trinajstić information content (AvgIpc) is 3.33. The first-order chi connectivity index (χ1) is 14.4. The van der Waals surface area contributed by atoms with E-state index in [2.05, 4.69) is 10.5 Å². The van der Waals surface area contributed by atoms with Gasteiger partial charge in [0.15, 0.2) is 17.2 Å². The predicted molar refractivity (Wildman–Crippen MR) is 111 cm³/mol. The molecule has 0 bridgehead atoms. The van der Waals surface area contributed by atoms with E-state index >= 15 is 0 Å². The Morgan fingerprint density at radius 2 is 1.97 bits per heavy atom. The van der Waals surface area contributed by atoms with Crippen LogP contribution in [0.1, 0.15) is 49.9 Å². The Morgan fingerprint density at radius 3 is 2.63 bits per heavy atom. The number of benzene rings is 1. The summed E-state index contributed by atoms with van der Waals surface area (Å²) in [7, 11) is 1.53. The van der Waals surface area contributed by atoms with Crippen LogP contribution >= 0.6 is 11.3 Å². The quantitative estimate of drug-likeness (QED) is 0.440. The minimum atomic E-state index is -0.607. The Labute approximate surface area is 176 Å². The molecule has 9 heteroatoms. The highest BCUT2D eigenvalue weighted by Gasteiger charge is 2.26. The van der Waals surface area contributed by atoms with Crippen LogP contribution in [0.2, 0.25) is 0 Å². The number of ether oxygens (including phenoxy) is 2. The number of amides is 1. The summed E-state index contributed by atoms with van der Waals surface area (Å²) in [5.41, 5.74) is 1.29. The average molecular weight is 428 g/mol. The summed E-state index contributed by atoms with van der Waals surface area (Å²) >= 11 is 1.02. The Bertz CT molecular complexity index is 1110. The van der Waals surface area contributed by atoms with E-state index in [4.69, 9.17) is 14.0 Å². The number of carbonyl (C=O) groups is 3. The highest BCUT2D eigenvalue weighted by molar-refractivity contribution is 7.18. The van der Waals surface area contributed by atoms with Gasteiger partial charge in [-0.2, -0.15) is 0 Å². The van der Waals surface area contributed by atoms with E-state index in [0.29, 0.717) is 27.5 Å². The second-order valence-corrected chi connectivity index (χ2v) is 7.29. The third-order valence-electron chi connectivity index (χ3n) is 4.29. The molecule has 0 fully saturated rings. The SMILES string of the molecule is CCOC(=O)c1c(NC(=O)c2cc(-c3ccccc3OC)on2)sc(C(C)=O)c1C. The van der Waals surface area contributed by atoms with Crippen molar-refractivity contribution in [3.05, 3.63) is 52.0 Å². The van der Waals surface area contributed by atoms with Crippen LogP contribution in [0.3, 0.4) is 0 Å². The van der Waals surface area contributed by atoms with E-state index in [1.165, 1.54) is 20.1 Å². The number of thiophene rings is 1. The van der Waals surface area contributed by atoms with Crippen LogP contribution in [0, 0.1) is 6.92 Å². The first-order valence-corrected chi connectivity index (χ1v) is 9.91. The molecule has 1 amide bonds. The molecule has 0 aliphatic carbocycles. The Kier molecular flexibility index (Phi) is 6.31. The molecular weight excluding hydrogens is 408 g/mol. The Balaban J connectivity index is 1.91. The summed E-state index contributed by atoms with van der Waals surface area (Å²) < 4.78 is 15.7. The first-order valence-electron chi connectivity index (χ1n) is 9.10. The van der Waals surface area contributed by atoms with E-state index in [9.17, 15) is 14.4 Å². The molecule has 0 aliphatic heterocycles. The van der Waals surface area contributed by atoms with Gasteiger partial charge in [0.1, 0.15) is 10.8 Å². The van der Waals surface area contributed by atoms with Crippen LogP contribution in [0.5, 0.6) is 5.75 Å². The Hall–Kier alpha value is -3.46. The van der Waals surface area contributed by atoms with Crippen molar-refractivity contribution in [2.45, 2.75) is 20.8 Å². The fourth-order valence-corrected chi connectivity index (χ4v) is 4.00. The predicted octanol–water partition coefficient (Wildman–Crippen LogP) is 4.35. The van der Waals surface area contributed by atoms with E-state index in [-0.39, 0.29) is 28.6 Å². The fourth-order valence-electron chi connectivity index (χ4n) is 2.91. The number of para-hydroxylation sites is 1. The molecule has 0 unspecified atom stereocenters. The number of hydrogen-bond acceptors (Lipinski definition) is 8. The van der Waals surface area contributed by atoms with Gasteiger partial charge in [0.05, 0.1) is 29.7 Å². The molecule has 1 aromatic carbocycles. The van der Waals surface area contributed by atoms with Gasteiger partial charge in [-0.05, 0) is 38.5 Å². The number of Topliss-reactive ketones (excluding diaryl/α,β-unsaturated/α-hetero) is 1. The second-order valence-electron chi connectivity index (χ2n) is 6.27. The van der Waals surface area contributed by atoms with Crippen LogP contribution in [0.15, 0.2) is 34.9 Å². The molecule has 0 radical (unpaired) electrons. The number of rotatable bonds is 7. The number of methoxy groups -OCH3 is 1. The van der Waals surface area contributed by atoms with Crippen molar-refractivity contribution in [2.75, 3.05) is 19.0 Å². The monoisotopic (exact) mass is 428 g/mol. The first kappa shape index (κ1) is 21.3. The molecule has 3 aromatic rings. The third kappa shape index (κ3) is 4.11. The van der Waals surface area contributed by atoms with E-state index < -0.39 is 11.9 Å². The number of carbonyl (C=O) groups excluding carboxylic acids is 3. The summed E-state index contributed by atoms with van der Waals surface area (Å²) in [5, 5.41) is 6.69. The lowest BCUT2D eigenvalue weighted by Gasteiger charge is -2.05. The maximum absolute atomic E-state index is 12.7. The molecule has 0 atom stereocenters. The van der Waals surface area contributed by atoms with Gasteiger partial charge in [-0.1, -0.05) is 17.3 Å². The lowest BCUT2D eigenvalue weighted by molar-refractivity contribution is 0.0527. The van der Waals surface area contributed by atoms with Gasteiger partial charge in [0.2, 0.25) is 0 Å². The second kappa shape index (κ2) is 8.91. The molecule has 0 spiro atoms. The molecular formula is C21H20N2O6S. The molecule has 2 heterocycles. The number of ketones is 1. The van der Waals surface area contributed by atoms with Gasteiger partial charge in [0.25, 0.3) is 5.91 Å². The number of esters is 1. The minimum Gasteiger partial charge on any atom is -0.496 e. The van der Waals surface area contributed by atoms with E-state index in [0.717, 1.165) is 11.3 Å². The van der Waals surface area contributed by atoms with Gasteiger partial charge >= 0.3 is 5.97 Å². The molecule has 0 saturated heterocycles. The molecule has 8 nitrogen and oxygen atoms in total. The summed E-state index contributed by atoms with van der Waals surface area (Å²) in [6.45, 7) is 4.89. The standard InChI is InChI=1S/C21H20N2O6S/c1-5-28-21(26)17-11(2)18(12(3)24)30-20(17)22-19(25)14-10-16(29-23-14)13-8-6-7-9-15(13)27-4/h6-10H,5H2,1-4H3,(H,22,25). The van der Waals surface area contributed by atoms with Crippen molar-refractivity contribution in [1.29, 1.82) is 0 Å². The van der Waals surface area contributed by atoms with Crippen molar-refractivity contribution >= 4 is 34.0 Å². The maximum atomic E-state index is 12.7. The molecule has 1 N–H and O–H groups in total. The highest BCUT2D eigenvalue weighted by atomic mass is 32.1. The number of nitrogens with zero attached hydrogens (tertiary/aromatic N) is 1. The summed E-state index contributed by atoms with van der Waals surface area (Å²) in [5.74, 6) is -0.464. The molecule has 0 saturated carbocycles. The van der Waals surface area contributed by atoms with Crippen LogP contribution in [0.4, 0.5) is 5.00 Å². The summed E-state index contributed by atoms with van der Waals surface area (Å²) in [4.78, 5) is 37.4. The Morgan fingerprint density at radius 1 is 1.23 bits per heavy atom. The fraction of sp³-hybridized carbons (Fsp3) is 0.238. The van der Waals surface area contributed by atoms with Gasteiger partial charge in [-0.3, -0.25) is 9.59 Å². The van der Waals surface area contributed by atoms with Crippen molar-refractivity contribution in [2.24, 2.45) is 0 Å². The molecule has 30 heavy (non-hydrogen) atoms. The maximum Gasteiger partial charge on any atom is 0.341 e. The summed E-state index contributed by atoms with van der Waals surface area (Å²) in [6.07, 6.45) is 0. The summed E-state index contributed by atoms with van der Waals surface area (Å²) in [6, 6.07) is 8.64. The van der Waals surface area contributed by atoms with Gasteiger partial charge in [-0.15, -0.1) is 11.3 Å². The lowest BCUT2D eigenvalue weighted by Crippen LogP contribution is -2.15. The zero-order valence-electron chi connectivity index (χ0n) is 16.9. The zero-order valence-corrected chi connectivity index (χ0v) is 17.7. The molecule has 3 rings (SSSR count). The highest BCUT2D eigenvalue weighted by Crippen LogP contribution is 2.35. The van der Waals surface area contributed by atoms with Crippen LogP contribution in [-0.4, -0.2) is 36.5 Å². The van der Waals surface area contributed by atoms with E-state index in [1.807, 2.05) is 12.1 Å². The molecule has 156 valence electrons. The van der Waals surface area contributed by atoms with Crippen molar-refractivity contribution in [1.82, 2.24) is 5.16 Å². The largest absolute Gasteiger partial charge is 0.496 e. The van der Waals surface area contributed by atoms with E-state index in [1.54, 1.807) is 26.0 Å². The number of aromatic nitrogens is 1. The smallest absolute Gasteiger partial charge is 0.341 e. The third-order valence-corrected chi connectivity index (χ3v) is 5.60. The number of anilines is 1. The van der Waals surface area contributed by atoms with Crippen molar-refractivity contribution in [3.63, 3.8) is 0 Å². The van der Waals surface area contributed by atoms with Crippen molar-refractivity contribution in [3.8, 4) is 17.1 Å². The normalized spacial score (nSPS) is 10.5. The lowest BCUT2D eigenvalue weighted by atomic mass is 10.1. The van der Waals surface area contributed by atoms with Gasteiger partial charge in [-0.25, -0.2) is 4.79 Å². The molecule has 0 aliphatic rings. The van der Waals surface area contributed by atoms with Gasteiger partial charge in [0, 0.05) is 6.07 Å². The van der Waals surface area contributed by atoms with Crippen LogP contribution < -0.4 is 10.1 Å². The number of nitrogens with one attached hydrogen (secondary N) is 1. The van der Waals surface area contributed by atoms with Crippen molar-refractivity contribution < 1.29 is 28.4 Å². The van der Waals surface area contributed by atoms with Crippen LogP contribution in [0.25, 0.3) is 11.3 Å². The van der Waals surface area contributed by atoms with Crippen LogP contribution in [-0.2, 0) is 4.74 Å². The zero-order chi connectivity index (χ0) is 21.8. The minimum absolute atomic E-state index is 0.0149. The van der Waals surface area contributed by atoms with Gasteiger partial charge < -0.3 is 19.3 Å². The topological polar surface area (TPSA) is 108 Å².